The molecule has 0 spiro atoms. The zero-order chi connectivity index (χ0) is 23.4. The van der Waals surface area contributed by atoms with Crippen molar-refractivity contribution in [3.8, 4) is 0 Å². The normalized spacial score (nSPS) is 15.0. The molecule has 0 bridgehead atoms. The van der Waals surface area contributed by atoms with Crippen molar-refractivity contribution >= 4 is 34.9 Å². The first-order valence-corrected chi connectivity index (χ1v) is 11.1. The molecule has 10 nitrogen and oxygen atoms in total. The second-order valence-electron chi connectivity index (χ2n) is 8.48. The SMILES string of the molecule is CC(C)n1cnc2c(NCc3ccc(/C=C/C(=O)NO)cc3)nc(N3CCN(C)CC3)nc21. The molecule has 0 atom stereocenters. The Morgan fingerprint density at radius 3 is 2.55 bits per heavy atom. The van der Waals surface area contributed by atoms with Crippen molar-refractivity contribution < 1.29 is 10.0 Å². The fourth-order valence-corrected chi connectivity index (χ4v) is 3.70. The van der Waals surface area contributed by atoms with E-state index in [-0.39, 0.29) is 6.04 Å². The largest absolute Gasteiger partial charge is 0.364 e. The molecule has 33 heavy (non-hydrogen) atoms. The van der Waals surface area contributed by atoms with Crippen molar-refractivity contribution in [3.05, 3.63) is 47.8 Å². The summed E-state index contributed by atoms with van der Waals surface area (Å²) in [5.41, 5.74) is 5.10. The van der Waals surface area contributed by atoms with Gasteiger partial charge in [0, 0.05) is 44.8 Å². The van der Waals surface area contributed by atoms with Gasteiger partial charge in [-0.15, -0.1) is 0 Å². The number of aromatic nitrogens is 4. The molecule has 0 radical (unpaired) electrons. The molecule has 1 aliphatic heterocycles. The third-order valence-electron chi connectivity index (χ3n) is 5.73. The number of hydrogen-bond acceptors (Lipinski definition) is 8. The van der Waals surface area contributed by atoms with E-state index >= 15 is 0 Å². The maximum atomic E-state index is 11.1. The van der Waals surface area contributed by atoms with E-state index in [1.807, 2.05) is 30.6 Å². The minimum Gasteiger partial charge on any atom is -0.364 e. The number of nitrogens with zero attached hydrogens (tertiary/aromatic N) is 6. The van der Waals surface area contributed by atoms with Crippen LogP contribution < -0.4 is 15.7 Å². The number of amides is 1. The second kappa shape index (κ2) is 9.97. The van der Waals surface area contributed by atoms with E-state index in [2.05, 4.69) is 45.6 Å². The van der Waals surface area contributed by atoms with Crippen molar-refractivity contribution in [1.82, 2.24) is 29.9 Å². The Balaban J connectivity index is 1.56. The summed E-state index contributed by atoms with van der Waals surface area (Å²) < 4.78 is 2.07. The molecule has 174 valence electrons. The Kier molecular flexibility index (Phi) is 6.85. The highest BCUT2D eigenvalue weighted by Gasteiger charge is 2.21. The number of piperazine rings is 1. The minimum absolute atomic E-state index is 0.242. The summed E-state index contributed by atoms with van der Waals surface area (Å²) in [7, 11) is 2.13. The third-order valence-corrected chi connectivity index (χ3v) is 5.73. The number of carbonyl (C=O) groups excluding carboxylic acids is 1. The molecule has 10 heteroatoms. The number of fused-ring (bicyclic) bond motifs is 1. The van der Waals surface area contributed by atoms with Crippen LogP contribution in [0.25, 0.3) is 17.2 Å². The maximum absolute atomic E-state index is 11.1. The summed E-state index contributed by atoms with van der Waals surface area (Å²) in [6, 6.07) is 8.03. The third kappa shape index (κ3) is 5.29. The van der Waals surface area contributed by atoms with Gasteiger partial charge in [-0.3, -0.25) is 10.0 Å². The quantitative estimate of drug-likeness (QED) is 0.286. The Morgan fingerprint density at radius 2 is 1.88 bits per heavy atom. The predicted molar refractivity (Wildman–Crippen MR) is 128 cm³/mol. The number of carbonyl (C=O) groups is 1. The molecule has 3 heterocycles. The molecule has 1 saturated heterocycles. The Labute approximate surface area is 192 Å². The maximum Gasteiger partial charge on any atom is 0.267 e. The lowest BCUT2D eigenvalue weighted by molar-refractivity contribution is -0.124. The fraction of sp³-hybridized carbons (Fsp3) is 0.391. The van der Waals surface area contributed by atoms with Crippen molar-refractivity contribution in [2.75, 3.05) is 43.4 Å². The molecule has 0 unspecified atom stereocenters. The number of rotatable bonds is 7. The van der Waals surface area contributed by atoms with E-state index < -0.39 is 5.91 Å². The lowest BCUT2D eigenvalue weighted by atomic mass is 10.1. The Bertz CT molecular complexity index is 1130. The Morgan fingerprint density at radius 1 is 1.15 bits per heavy atom. The van der Waals surface area contributed by atoms with E-state index in [9.17, 15) is 4.79 Å². The average Bonchev–Trinajstić information content (AvgIpc) is 3.26. The zero-order valence-corrected chi connectivity index (χ0v) is 19.2. The molecule has 1 fully saturated rings. The van der Waals surface area contributed by atoms with Gasteiger partial charge in [0.15, 0.2) is 17.0 Å². The zero-order valence-electron chi connectivity index (χ0n) is 19.2. The number of hydroxylamine groups is 1. The lowest BCUT2D eigenvalue weighted by Gasteiger charge is -2.32. The number of hydrogen-bond donors (Lipinski definition) is 3. The molecular formula is C23H30N8O2. The van der Waals surface area contributed by atoms with Gasteiger partial charge in [-0.05, 0) is 38.1 Å². The first kappa shape index (κ1) is 22.7. The molecule has 2 aromatic heterocycles. The number of benzene rings is 1. The van der Waals surface area contributed by atoms with E-state index in [0.717, 1.165) is 60.2 Å². The predicted octanol–water partition coefficient (Wildman–Crippen LogP) is 2.29. The van der Waals surface area contributed by atoms with Gasteiger partial charge in [0.05, 0.1) is 6.33 Å². The molecule has 1 aliphatic rings. The molecule has 1 aromatic carbocycles. The van der Waals surface area contributed by atoms with Gasteiger partial charge in [0.25, 0.3) is 5.91 Å². The highest BCUT2D eigenvalue weighted by molar-refractivity contribution is 5.90. The summed E-state index contributed by atoms with van der Waals surface area (Å²) in [5, 5.41) is 12.0. The van der Waals surface area contributed by atoms with Gasteiger partial charge in [-0.2, -0.15) is 9.97 Å². The average molecular weight is 451 g/mol. The molecule has 3 N–H and O–H groups in total. The van der Waals surface area contributed by atoms with E-state index in [1.165, 1.54) is 6.08 Å². The summed E-state index contributed by atoms with van der Waals surface area (Å²) in [6.45, 7) is 8.55. The smallest absolute Gasteiger partial charge is 0.267 e. The van der Waals surface area contributed by atoms with E-state index in [0.29, 0.717) is 6.54 Å². The molecule has 1 amide bonds. The number of likely N-dealkylation sites (N-methyl/N-ethyl adjacent to an activating group) is 1. The van der Waals surface area contributed by atoms with Crippen LogP contribution in [0.3, 0.4) is 0 Å². The van der Waals surface area contributed by atoms with Gasteiger partial charge in [-0.25, -0.2) is 10.5 Å². The van der Waals surface area contributed by atoms with Crippen LogP contribution in [-0.4, -0.2) is 68.8 Å². The summed E-state index contributed by atoms with van der Waals surface area (Å²) in [4.78, 5) is 30.0. The van der Waals surface area contributed by atoms with Crippen LogP contribution in [0.15, 0.2) is 36.7 Å². The molecule has 4 rings (SSSR count). The van der Waals surface area contributed by atoms with Gasteiger partial charge in [0.1, 0.15) is 0 Å². The van der Waals surface area contributed by atoms with Crippen LogP contribution >= 0.6 is 0 Å². The minimum atomic E-state index is -0.564. The van der Waals surface area contributed by atoms with Crippen LogP contribution in [0.2, 0.25) is 0 Å². The topological polar surface area (TPSA) is 111 Å². The van der Waals surface area contributed by atoms with Crippen LogP contribution in [-0.2, 0) is 11.3 Å². The van der Waals surface area contributed by atoms with Gasteiger partial charge in [0.2, 0.25) is 5.95 Å². The van der Waals surface area contributed by atoms with E-state index in [4.69, 9.17) is 15.2 Å². The lowest BCUT2D eigenvalue weighted by Crippen LogP contribution is -2.45. The van der Waals surface area contributed by atoms with Gasteiger partial charge < -0.3 is 19.7 Å². The van der Waals surface area contributed by atoms with Crippen LogP contribution in [0.4, 0.5) is 11.8 Å². The van der Waals surface area contributed by atoms with Crippen LogP contribution in [0.1, 0.15) is 31.0 Å². The number of anilines is 2. The van der Waals surface area contributed by atoms with Crippen LogP contribution in [0.5, 0.6) is 0 Å². The van der Waals surface area contributed by atoms with Crippen molar-refractivity contribution in [2.24, 2.45) is 0 Å². The van der Waals surface area contributed by atoms with E-state index in [1.54, 1.807) is 11.6 Å². The van der Waals surface area contributed by atoms with Gasteiger partial charge in [-0.1, -0.05) is 24.3 Å². The highest BCUT2D eigenvalue weighted by Crippen LogP contribution is 2.25. The van der Waals surface area contributed by atoms with Crippen LogP contribution in [0, 0.1) is 0 Å². The monoisotopic (exact) mass is 450 g/mol. The molecule has 0 aliphatic carbocycles. The summed E-state index contributed by atoms with van der Waals surface area (Å²) in [5.74, 6) is 0.880. The van der Waals surface area contributed by atoms with Crippen molar-refractivity contribution in [1.29, 1.82) is 0 Å². The first-order chi connectivity index (χ1) is 15.9. The Hall–Kier alpha value is -3.50. The standard InChI is InChI=1S/C23H30N8O2/c1-16(2)31-15-25-20-21(26-23(27-22(20)31)30-12-10-29(3)11-13-30)24-14-18-6-4-17(5-7-18)8-9-19(32)28-33/h4-9,15-16,33H,10-14H2,1-3H3,(H,28,32)(H,24,26,27)/b9-8+. The number of imidazole rings is 1. The van der Waals surface area contributed by atoms with Gasteiger partial charge >= 0.3 is 0 Å². The van der Waals surface area contributed by atoms with Crippen molar-refractivity contribution in [3.63, 3.8) is 0 Å². The molecule has 3 aromatic rings. The second-order valence-corrected chi connectivity index (χ2v) is 8.48. The number of nitrogens with one attached hydrogen (secondary N) is 2. The molecule has 0 saturated carbocycles. The summed E-state index contributed by atoms with van der Waals surface area (Å²) in [6.07, 6.45) is 4.74. The highest BCUT2D eigenvalue weighted by atomic mass is 16.5. The van der Waals surface area contributed by atoms with Crippen molar-refractivity contribution in [2.45, 2.75) is 26.4 Å². The fourth-order valence-electron chi connectivity index (χ4n) is 3.70. The first-order valence-electron chi connectivity index (χ1n) is 11.1. The molecular weight excluding hydrogens is 420 g/mol. The summed E-state index contributed by atoms with van der Waals surface area (Å²) >= 11 is 0.